The molecule has 0 aromatic rings. The van der Waals surface area contributed by atoms with Crippen LogP contribution in [0.5, 0.6) is 0 Å². The van der Waals surface area contributed by atoms with Crippen LogP contribution in [0.4, 0.5) is 0 Å². The first kappa shape index (κ1) is 22.5. The smallest absolute Gasteiger partial charge is 0.102 e. The zero-order valence-electron chi connectivity index (χ0n) is 13.6. The average Bonchev–Trinajstić information content (AvgIpc) is 2.36. The maximum Gasteiger partial charge on any atom is 0.102 e. The Bertz CT molecular complexity index is 189. The Labute approximate surface area is 132 Å². The van der Waals surface area contributed by atoms with Gasteiger partial charge in [-0.2, -0.15) is 0 Å². The largest absolute Gasteiger partial charge is 1.00 e. The van der Waals surface area contributed by atoms with Gasteiger partial charge in [0.15, 0.2) is 0 Å². The molecule has 0 heterocycles. The van der Waals surface area contributed by atoms with Gasteiger partial charge < -0.3 is 27.1 Å². The van der Waals surface area contributed by atoms with Gasteiger partial charge in [0, 0.05) is 6.61 Å². The van der Waals surface area contributed by atoms with Crippen LogP contribution >= 0.6 is 0 Å². The molecule has 124 valence electrons. The molecule has 0 saturated carbocycles. The van der Waals surface area contributed by atoms with Gasteiger partial charge in [0.2, 0.25) is 0 Å². The van der Waals surface area contributed by atoms with Gasteiger partial charge in [-0.25, -0.2) is 0 Å². The lowest BCUT2D eigenvalue weighted by atomic mass is 10.1. The molecule has 3 nitrogen and oxygen atoms in total. The summed E-state index contributed by atoms with van der Waals surface area (Å²) in [6.07, 6.45) is 12.8. The maximum atomic E-state index is 8.95. The Morgan fingerprint density at radius 1 is 0.550 bits per heavy atom. The molecule has 0 rings (SSSR count). The van der Waals surface area contributed by atoms with Gasteiger partial charge in [0.05, 0.1) is 27.2 Å². The molecule has 0 aliphatic rings. The first-order valence-electron chi connectivity index (χ1n) is 8.16. The fourth-order valence-corrected chi connectivity index (χ4v) is 2.45. The zero-order valence-corrected chi connectivity index (χ0v) is 14.4. The molecular weight excluding hydrogens is 274 g/mol. The number of aliphatic hydroxyl groups is 2. The molecule has 0 unspecified atom stereocenters. The molecule has 0 bridgehead atoms. The van der Waals surface area contributed by atoms with Crippen molar-refractivity contribution in [3.63, 3.8) is 0 Å². The summed E-state index contributed by atoms with van der Waals surface area (Å²) in [5, 5.41) is 17.6. The second-order valence-corrected chi connectivity index (χ2v) is 6.37. The number of hydrogen-bond acceptors (Lipinski definition) is 2. The van der Waals surface area contributed by atoms with E-state index >= 15 is 0 Å². The van der Waals surface area contributed by atoms with E-state index in [1.807, 2.05) is 0 Å². The van der Waals surface area contributed by atoms with E-state index in [9.17, 15) is 0 Å². The molecule has 0 fully saturated rings. The second kappa shape index (κ2) is 15.6. The highest BCUT2D eigenvalue weighted by molar-refractivity contribution is 4.48. The Morgan fingerprint density at radius 2 is 0.950 bits per heavy atom. The van der Waals surface area contributed by atoms with Crippen LogP contribution in [0, 0.1) is 0 Å². The summed E-state index contributed by atoms with van der Waals surface area (Å²) in [6.45, 7) is 2.70. The molecule has 4 heteroatoms. The molecule has 0 aliphatic heterocycles. The minimum absolute atomic E-state index is 0. The number of quaternary nitrogens is 1. The van der Waals surface area contributed by atoms with E-state index in [0.29, 0.717) is 13.2 Å². The van der Waals surface area contributed by atoms with Crippen molar-refractivity contribution in [2.24, 2.45) is 0 Å². The molecule has 0 aromatic carbocycles. The van der Waals surface area contributed by atoms with Gasteiger partial charge >= 0.3 is 0 Å². The van der Waals surface area contributed by atoms with Crippen molar-refractivity contribution in [3.05, 3.63) is 0 Å². The van der Waals surface area contributed by atoms with Crippen LogP contribution in [0.1, 0.15) is 64.2 Å². The van der Waals surface area contributed by atoms with Crippen molar-refractivity contribution in [1.82, 2.24) is 0 Å². The van der Waals surface area contributed by atoms with Crippen molar-refractivity contribution < 1.29 is 27.1 Å². The maximum absolute atomic E-state index is 8.95. The molecular formula is C16H36ClNO2. The highest BCUT2D eigenvalue weighted by Gasteiger charge is 2.12. The quantitative estimate of drug-likeness (QED) is 0.349. The fourth-order valence-electron chi connectivity index (χ4n) is 2.45. The minimum atomic E-state index is 0. The highest BCUT2D eigenvalue weighted by Crippen LogP contribution is 2.11. The van der Waals surface area contributed by atoms with Gasteiger partial charge in [0.1, 0.15) is 6.54 Å². The van der Waals surface area contributed by atoms with E-state index in [1.54, 1.807) is 0 Å². The second-order valence-electron chi connectivity index (χ2n) is 6.37. The lowest BCUT2D eigenvalue weighted by molar-refractivity contribution is -0.890. The van der Waals surface area contributed by atoms with Crippen molar-refractivity contribution in [3.8, 4) is 0 Å². The number of rotatable bonds is 14. The van der Waals surface area contributed by atoms with Crippen molar-refractivity contribution in [1.29, 1.82) is 0 Å². The van der Waals surface area contributed by atoms with Gasteiger partial charge in [0.25, 0.3) is 0 Å². The third kappa shape index (κ3) is 16.2. The Morgan fingerprint density at radius 3 is 1.35 bits per heavy atom. The van der Waals surface area contributed by atoms with Crippen LogP contribution in [0.2, 0.25) is 0 Å². The monoisotopic (exact) mass is 309 g/mol. The van der Waals surface area contributed by atoms with Crippen LogP contribution in [-0.4, -0.2) is 55.1 Å². The molecule has 0 saturated heterocycles. The van der Waals surface area contributed by atoms with E-state index in [-0.39, 0.29) is 12.4 Å². The summed E-state index contributed by atoms with van der Waals surface area (Å²) in [4.78, 5) is 0. The topological polar surface area (TPSA) is 40.5 Å². The van der Waals surface area contributed by atoms with Crippen LogP contribution in [0.25, 0.3) is 0 Å². The molecule has 0 spiro atoms. The summed E-state index contributed by atoms with van der Waals surface area (Å²) >= 11 is 0. The van der Waals surface area contributed by atoms with Crippen LogP contribution in [0.3, 0.4) is 0 Å². The lowest BCUT2D eigenvalue weighted by Gasteiger charge is -2.28. The van der Waals surface area contributed by atoms with Crippen molar-refractivity contribution in [2.75, 3.05) is 40.4 Å². The summed E-state index contributed by atoms with van der Waals surface area (Å²) in [6, 6.07) is 0. The predicted octanol–water partition coefficient (Wildman–Crippen LogP) is -0.0476. The molecule has 20 heavy (non-hydrogen) atoms. The average molecular weight is 310 g/mol. The molecule has 0 radical (unpaired) electrons. The van der Waals surface area contributed by atoms with Crippen LogP contribution in [-0.2, 0) is 0 Å². The summed E-state index contributed by atoms with van der Waals surface area (Å²) in [5.74, 6) is 0. The summed E-state index contributed by atoms with van der Waals surface area (Å²) in [7, 11) is 4.39. The molecule has 0 aromatic heterocycles. The molecule has 0 aliphatic carbocycles. The van der Waals surface area contributed by atoms with Gasteiger partial charge in [-0.15, -0.1) is 0 Å². The van der Waals surface area contributed by atoms with Crippen LogP contribution < -0.4 is 12.4 Å². The summed E-state index contributed by atoms with van der Waals surface area (Å²) < 4.78 is 0.946. The first-order chi connectivity index (χ1) is 9.12. The number of nitrogens with zero attached hydrogens (tertiary/aromatic N) is 1. The number of halogens is 1. The number of aliphatic hydroxyl groups excluding tert-OH is 2. The number of hydrogen-bond donors (Lipinski definition) is 2. The van der Waals surface area contributed by atoms with Crippen molar-refractivity contribution in [2.45, 2.75) is 64.2 Å². The van der Waals surface area contributed by atoms with Gasteiger partial charge in [-0.05, 0) is 19.3 Å². The normalized spacial score (nSPS) is 11.4. The zero-order chi connectivity index (χ0) is 14.4. The minimum Gasteiger partial charge on any atom is -1.00 e. The van der Waals surface area contributed by atoms with Crippen molar-refractivity contribution >= 4 is 0 Å². The third-order valence-electron chi connectivity index (χ3n) is 3.88. The predicted molar refractivity (Wildman–Crippen MR) is 82.2 cm³/mol. The van der Waals surface area contributed by atoms with E-state index < -0.39 is 0 Å². The number of likely N-dealkylation sites (N-methyl/N-ethyl adjacent to an activating group) is 1. The standard InChI is InChI=1S/C16H36NO2.ClH/c1-17(2,14-16-19)13-11-9-7-5-3-4-6-8-10-12-15-18;/h18-19H,3-16H2,1-2H3;1H/q+1;/p-1. The molecule has 2 N–H and O–H groups in total. The Kier molecular flexibility index (Phi) is 17.5. The highest BCUT2D eigenvalue weighted by atomic mass is 35.5. The first-order valence-corrected chi connectivity index (χ1v) is 8.16. The number of unbranched alkanes of at least 4 members (excludes halogenated alkanes) is 9. The fraction of sp³-hybridized carbons (Fsp3) is 1.00. The lowest BCUT2D eigenvalue weighted by Crippen LogP contribution is -3.00. The Balaban J connectivity index is 0. The molecule has 0 amide bonds. The van der Waals surface area contributed by atoms with Gasteiger partial charge in [-0.3, -0.25) is 0 Å². The van der Waals surface area contributed by atoms with E-state index in [0.717, 1.165) is 17.4 Å². The van der Waals surface area contributed by atoms with Gasteiger partial charge in [-0.1, -0.05) is 44.9 Å². The molecule has 0 atom stereocenters. The third-order valence-corrected chi connectivity index (χ3v) is 3.88. The Hall–Kier alpha value is 0.170. The van der Waals surface area contributed by atoms with E-state index in [1.165, 1.54) is 64.3 Å². The SMILES string of the molecule is C[N+](C)(CCO)CCCCCCCCCCCCO.[Cl-]. The van der Waals surface area contributed by atoms with E-state index in [4.69, 9.17) is 10.2 Å². The van der Waals surface area contributed by atoms with E-state index in [2.05, 4.69) is 14.1 Å². The van der Waals surface area contributed by atoms with Crippen LogP contribution in [0.15, 0.2) is 0 Å². The summed E-state index contributed by atoms with van der Waals surface area (Å²) in [5.41, 5.74) is 0.